The van der Waals surface area contributed by atoms with Gasteiger partial charge in [0.1, 0.15) is 5.82 Å². The first kappa shape index (κ1) is 15.9. The molecule has 0 radical (unpaired) electrons. The summed E-state index contributed by atoms with van der Waals surface area (Å²) in [6.07, 6.45) is 2.78. The quantitative estimate of drug-likeness (QED) is 0.733. The zero-order valence-corrected chi connectivity index (χ0v) is 14.0. The van der Waals surface area contributed by atoms with Gasteiger partial charge in [0.25, 0.3) is 0 Å². The topological polar surface area (TPSA) is 46.3 Å². The summed E-state index contributed by atoms with van der Waals surface area (Å²) in [5, 5.41) is 12.7. The Labute approximate surface area is 144 Å². The predicted molar refractivity (Wildman–Crippen MR) is 90.5 cm³/mol. The van der Waals surface area contributed by atoms with Gasteiger partial charge in [0, 0.05) is 13.1 Å². The fraction of sp³-hybridized carbons (Fsp3) is 0.389. The van der Waals surface area contributed by atoms with Crippen LogP contribution in [-0.2, 0) is 6.42 Å². The smallest absolute Gasteiger partial charge is 0.178 e. The number of aromatic nitrogens is 4. The van der Waals surface area contributed by atoms with Crippen LogP contribution in [0.1, 0.15) is 24.2 Å². The number of hydrogen-bond donors (Lipinski definition) is 0. The number of piperidine rings is 1. The standard InChI is InChI=1S/C18H19F2N5/c1-12-21-22-17-4-5-18(23-25(12)17)24-8-6-13(7-9-24)10-14-2-3-15(19)16(20)11-14/h2-5,11,13H,6-10H2,1H3. The van der Waals surface area contributed by atoms with Crippen LogP contribution in [0.25, 0.3) is 5.65 Å². The number of anilines is 1. The number of nitrogens with zero attached hydrogens (tertiary/aromatic N) is 5. The molecule has 1 saturated heterocycles. The number of fused-ring (bicyclic) bond motifs is 1. The molecule has 130 valence electrons. The van der Waals surface area contributed by atoms with Gasteiger partial charge in [0.15, 0.2) is 23.1 Å². The van der Waals surface area contributed by atoms with Crippen molar-refractivity contribution in [3.63, 3.8) is 0 Å². The maximum Gasteiger partial charge on any atom is 0.178 e. The van der Waals surface area contributed by atoms with Crippen LogP contribution in [0.3, 0.4) is 0 Å². The summed E-state index contributed by atoms with van der Waals surface area (Å²) >= 11 is 0. The number of hydrogen-bond acceptors (Lipinski definition) is 4. The van der Waals surface area contributed by atoms with Crippen LogP contribution in [0.15, 0.2) is 30.3 Å². The van der Waals surface area contributed by atoms with E-state index in [0.717, 1.165) is 55.2 Å². The van der Waals surface area contributed by atoms with Crippen molar-refractivity contribution in [3.8, 4) is 0 Å². The first-order valence-electron chi connectivity index (χ1n) is 8.48. The molecule has 7 heteroatoms. The second-order valence-corrected chi connectivity index (χ2v) is 6.59. The maximum atomic E-state index is 13.3. The van der Waals surface area contributed by atoms with E-state index in [4.69, 9.17) is 0 Å². The number of aryl methyl sites for hydroxylation is 1. The molecule has 0 spiro atoms. The zero-order valence-electron chi connectivity index (χ0n) is 14.0. The van der Waals surface area contributed by atoms with Gasteiger partial charge < -0.3 is 4.90 Å². The molecule has 3 aromatic rings. The molecule has 0 amide bonds. The molecule has 4 rings (SSSR count). The number of benzene rings is 1. The van der Waals surface area contributed by atoms with E-state index in [-0.39, 0.29) is 0 Å². The lowest BCUT2D eigenvalue weighted by molar-refractivity contribution is 0.400. The molecule has 3 heterocycles. The highest BCUT2D eigenvalue weighted by Crippen LogP contribution is 2.25. The number of rotatable bonds is 3. The molecule has 1 fully saturated rings. The maximum absolute atomic E-state index is 13.3. The molecule has 0 bridgehead atoms. The highest BCUT2D eigenvalue weighted by atomic mass is 19.2. The van der Waals surface area contributed by atoms with Crippen molar-refractivity contribution in [2.75, 3.05) is 18.0 Å². The van der Waals surface area contributed by atoms with Gasteiger partial charge in [-0.05, 0) is 61.9 Å². The fourth-order valence-electron chi connectivity index (χ4n) is 3.42. The summed E-state index contributed by atoms with van der Waals surface area (Å²) in [4.78, 5) is 2.25. The zero-order chi connectivity index (χ0) is 17.4. The fourth-order valence-corrected chi connectivity index (χ4v) is 3.42. The monoisotopic (exact) mass is 343 g/mol. The third kappa shape index (κ3) is 3.18. The molecule has 1 aliphatic heterocycles. The van der Waals surface area contributed by atoms with Crippen LogP contribution < -0.4 is 4.90 Å². The molecule has 2 aromatic heterocycles. The predicted octanol–water partition coefficient (Wildman–Crippen LogP) is 3.17. The summed E-state index contributed by atoms with van der Waals surface area (Å²) in [5.74, 6) is 0.606. The van der Waals surface area contributed by atoms with E-state index < -0.39 is 11.6 Å². The van der Waals surface area contributed by atoms with Gasteiger partial charge in [0.2, 0.25) is 0 Å². The average Bonchev–Trinajstić information content (AvgIpc) is 2.99. The highest BCUT2D eigenvalue weighted by molar-refractivity contribution is 5.46. The van der Waals surface area contributed by atoms with Crippen molar-refractivity contribution in [2.24, 2.45) is 5.92 Å². The summed E-state index contributed by atoms with van der Waals surface area (Å²) in [6, 6.07) is 8.09. The van der Waals surface area contributed by atoms with Gasteiger partial charge in [-0.1, -0.05) is 6.07 Å². The lowest BCUT2D eigenvalue weighted by Gasteiger charge is -2.32. The van der Waals surface area contributed by atoms with E-state index in [9.17, 15) is 8.78 Å². The molecule has 0 atom stereocenters. The van der Waals surface area contributed by atoms with Crippen LogP contribution in [-0.4, -0.2) is 32.9 Å². The van der Waals surface area contributed by atoms with E-state index in [1.165, 1.54) is 12.1 Å². The van der Waals surface area contributed by atoms with Crippen LogP contribution in [0.5, 0.6) is 0 Å². The molecule has 0 aliphatic carbocycles. The molecule has 1 aliphatic rings. The third-order valence-electron chi connectivity index (χ3n) is 4.85. The minimum atomic E-state index is -0.788. The van der Waals surface area contributed by atoms with Crippen molar-refractivity contribution < 1.29 is 8.78 Å². The van der Waals surface area contributed by atoms with E-state index >= 15 is 0 Å². The van der Waals surface area contributed by atoms with Gasteiger partial charge in [-0.25, -0.2) is 8.78 Å². The molecule has 0 N–H and O–H groups in total. The van der Waals surface area contributed by atoms with Crippen molar-refractivity contribution in [1.82, 2.24) is 19.8 Å². The van der Waals surface area contributed by atoms with E-state index in [1.807, 2.05) is 19.1 Å². The first-order chi connectivity index (χ1) is 12.1. The Morgan fingerprint density at radius 2 is 1.84 bits per heavy atom. The van der Waals surface area contributed by atoms with Crippen molar-refractivity contribution >= 4 is 11.5 Å². The molecular weight excluding hydrogens is 324 g/mol. The minimum absolute atomic E-state index is 0.474. The van der Waals surface area contributed by atoms with Crippen LogP contribution in [0.4, 0.5) is 14.6 Å². The Bertz CT molecular complexity index is 900. The van der Waals surface area contributed by atoms with Crippen LogP contribution >= 0.6 is 0 Å². The molecular formula is C18H19F2N5. The van der Waals surface area contributed by atoms with Crippen LogP contribution in [0, 0.1) is 24.5 Å². The highest BCUT2D eigenvalue weighted by Gasteiger charge is 2.21. The van der Waals surface area contributed by atoms with Crippen molar-refractivity contribution in [1.29, 1.82) is 0 Å². The molecule has 5 nitrogen and oxygen atoms in total. The van der Waals surface area contributed by atoms with Crippen molar-refractivity contribution in [3.05, 3.63) is 53.4 Å². The molecule has 0 saturated carbocycles. The molecule has 1 aromatic carbocycles. The largest absolute Gasteiger partial charge is 0.355 e. The number of halogens is 2. The average molecular weight is 343 g/mol. The molecule has 25 heavy (non-hydrogen) atoms. The normalized spacial score (nSPS) is 15.9. The Hall–Kier alpha value is -2.57. The summed E-state index contributed by atoms with van der Waals surface area (Å²) in [6.45, 7) is 3.67. The summed E-state index contributed by atoms with van der Waals surface area (Å²) in [5.41, 5.74) is 1.60. The minimum Gasteiger partial charge on any atom is -0.355 e. The second-order valence-electron chi connectivity index (χ2n) is 6.59. The lowest BCUT2D eigenvalue weighted by Crippen LogP contribution is -2.35. The van der Waals surface area contributed by atoms with E-state index in [1.54, 1.807) is 10.6 Å². The SMILES string of the molecule is Cc1nnc2ccc(N3CCC(Cc4ccc(F)c(F)c4)CC3)nn12. The Balaban J connectivity index is 1.41. The first-order valence-corrected chi connectivity index (χ1v) is 8.48. The summed E-state index contributed by atoms with van der Waals surface area (Å²) in [7, 11) is 0. The van der Waals surface area contributed by atoms with E-state index in [0.29, 0.717) is 5.92 Å². The third-order valence-corrected chi connectivity index (χ3v) is 4.85. The molecule has 0 unspecified atom stereocenters. The van der Waals surface area contributed by atoms with Crippen molar-refractivity contribution in [2.45, 2.75) is 26.2 Å². The lowest BCUT2D eigenvalue weighted by atomic mass is 9.90. The Morgan fingerprint density at radius 1 is 1.04 bits per heavy atom. The van der Waals surface area contributed by atoms with Gasteiger partial charge >= 0.3 is 0 Å². The van der Waals surface area contributed by atoms with Gasteiger partial charge in [-0.3, -0.25) is 0 Å². The Morgan fingerprint density at radius 3 is 2.60 bits per heavy atom. The van der Waals surface area contributed by atoms with Gasteiger partial charge in [0.05, 0.1) is 0 Å². The van der Waals surface area contributed by atoms with Crippen LogP contribution in [0.2, 0.25) is 0 Å². The van der Waals surface area contributed by atoms with Gasteiger partial charge in [-0.15, -0.1) is 15.3 Å². The second kappa shape index (κ2) is 6.38. The summed E-state index contributed by atoms with van der Waals surface area (Å²) < 4.78 is 28.1. The Kier molecular flexibility index (Phi) is 4.07. The van der Waals surface area contributed by atoms with Gasteiger partial charge in [-0.2, -0.15) is 4.52 Å². The van der Waals surface area contributed by atoms with E-state index in [2.05, 4.69) is 20.2 Å².